The van der Waals surface area contributed by atoms with Gasteiger partial charge in [-0.15, -0.1) is 0 Å². The number of benzene rings is 2. The van der Waals surface area contributed by atoms with E-state index in [1.165, 1.54) is 16.7 Å². The zero-order valence-electron chi connectivity index (χ0n) is 12.5. The van der Waals surface area contributed by atoms with E-state index in [1.54, 1.807) is 0 Å². The van der Waals surface area contributed by atoms with Crippen LogP contribution in [0.15, 0.2) is 48.5 Å². The molecule has 2 aromatic rings. The van der Waals surface area contributed by atoms with E-state index in [-0.39, 0.29) is 6.61 Å². The quantitative estimate of drug-likeness (QED) is 0.873. The van der Waals surface area contributed by atoms with E-state index in [9.17, 15) is 5.11 Å². The number of aliphatic hydroxyl groups excluding tert-OH is 1. The standard InChI is InChI=1S/C18H23NO/c1-14-8-7-9-16(15(14)2)12-19-18(3,13-20)17-10-5-4-6-11-17/h4-11,19-20H,12-13H2,1-3H3. The first kappa shape index (κ1) is 14.8. The molecule has 2 aromatic carbocycles. The van der Waals surface area contributed by atoms with Crippen LogP contribution in [0.5, 0.6) is 0 Å². The average molecular weight is 269 g/mol. The van der Waals surface area contributed by atoms with Crippen molar-refractivity contribution < 1.29 is 5.11 Å². The molecule has 0 heterocycles. The Hall–Kier alpha value is -1.64. The number of aliphatic hydroxyl groups is 1. The number of hydrogen-bond donors (Lipinski definition) is 2. The molecular weight excluding hydrogens is 246 g/mol. The van der Waals surface area contributed by atoms with Gasteiger partial charge in [0.05, 0.1) is 12.1 Å². The molecule has 2 heteroatoms. The Kier molecular flexibility index (Phi) is 4.58. The number of nitrogens with one attached hydrogen (secondary N) is 1. The highest BCUT2D eigenvalue weighted by Gasteiger charge is 2.24. The van der Waals surface area contributed by atoms with Crippen molar-refractivity contribution in [3.05, 3.63) is 70.8 Å². The van der Waals surface area contributed by atoms with Gasteiger partial charge in [-0.05, 0) is 43.0 Å². The lowest BCUT2D eigenvalue weighted by molar-refractivity contribution is 0.173. The van der Waals surface area contributed by atoms with Gasteiger partial charge in [0.15, 0.2) is 0 Å². The van der Waals surface area contributed by atoms with Gasteiger partial charge in [-0.3, -0.25) is 0 Å². The summed E-state index contributed by atoms with van der Waals surface area (Å²) >= 11 is 0. The molecule has 0 aliphatic rings. The van der Waals surface area contributed by atoms with Crippen LogP contribution in [0.3, 0.4) is 0 Å². The summed E-state index contributed by atoms with van der Waals surface area (Å²) in [5, 5.41) is 13.3. The molecule has 0 fully saturated rings. The molecular formula is C18H23NO. The molecule has 0 saturated carbocycles. The summed E-state index contributed by atoms with van der Waals surface area (Å²) in [5.41, 5.74) is 4.58. The van der Waals surface area contributed by atoms with Crippen LogP contribution in [0, 0.1) is 13.8 Å². The van der Waals surface area contributed by atoms with Gasteiger partial charge in [0.1, 0.15) is 0 Å². The largest absolute Gasteiger partial charge is 0.394 e. The van der Waals surface area contributed by atoms with Crippen LogP contribution in [0.4, 0.5) is 0 Å². The van der Waals surface area contributed by atoms with Crippen LogP contribution >= 0.6 is 0 Å². The summed E-state index contributed by atoms with van der Waals surface area (Å²) in [7, 11) is 0. The summed E-state index contributed by atoms with van der Waals surface area (Å²) in [4.78, 5) is 0. The second kappa shape index (κ2) is 6.21. The summed E-state index contributed by atoms with van der Waals surface area (Å²) < 4.78 is 0. The number of hydrogen-bond acceptors (Lipinski definition) is 2. The second-order valence-electron chi connectivity index (χ2n) is 5.57. The summed E-state index contributed by atoms with van der Waals surface area (Å²) in [6.07, 6.45) is 0. The van der Waals surface area contributed by atoms with E-state index < -0.39 is 5.54 Å². The molecule has 2 nitrogen and oxygen atoms in total. The molecule has 0 aliphatic carbocycles. The van der Waals surface area contributed by atoms with E-state index in [0.29, 0.717) is 0 Å². The first-order valence-corrected chi connectivity index (χ1v) is 7.03. The van der Waals surface area contributed by atoms with Crippen molar-refractivity contribution in [2.75, 3.05) is 6.61 Å². The van der Waals surface area contributed by atoms with Gasteiger partial charge in [0.25, 0.3) is 0 Å². The third-order valence-electron chi connectivity index (χ3n) is 4.11. The maximum Gasteiger partial charge on any atom is 0.0652 e. The van der Waals surface area contributed by atoms with E-state index in [4.69, 9.17) is 0 Å². The zero-order valence-corrected chi connectivity index (χ0v) is 12.5. The van der Waals surface area contributed by atoms with Crippen LogP contribution < -0.4 is 5.32 Å². The van der Waals surface area contributed by atoms with Gasteiger partial charge in [-0.2, -0.15) is 0 Å². The third-order valence-corrected chi connectivity index (χ3v) is 4.11. The molecule has 0 spiro atoms. The minimum Gasteiger partial charge on any atom is -0.394 e. The second-order valence-corrected chi connectivity index (χ2v) is 5.57. The lowest BCUT2D eigenvalue weighted by atomic mass is 9.92. The van der Waals surface area contributed by atoms with Crippen molar-refractivity contribution in [2.45, 2.75) is 32.9 Å². The normalized spacial score (nSPS) is 14.0. The number of rotatable bonds is 5. The number of aryl methyl sites for hydroxylation is 1. The van der Waals surface area contributed by atoms with Crippen LogP contribution in [0.2, 0.25) is 0 Å². The Morgan fingerprint density at radius 1 is 1.00 bits per heavy atom. The molecule has 0 aromatic heterocycles. The Balaban J connectivity index is 2.17. The van der Waals surface area contributed by atoms with E-state index in [1.807, 2.05) is 37.3 Å². The van der Waals surface area contributed by atoms with Crippen LogP contribution in [0.1, 0.15) is 29.2 Å². The topological polar surface area (TPSA) is 32.3 Å². The molecule has 2 rings (SSSR count). The molecule has 1 atom stereocenters. The predicted octanol–water partition coefficient (Wildman–Crippen LogP) is 3.30. The molecule has 1 unspecified atom stereocenters. The van der Waals surface area contributed by atoms with Crippen molar-refractivity contribution >= 4 is 0 Å². The van der Waals surface area contributed by atoms with Crippen molar-refractivity contribution in [1.82, 2.24) is 5.32 Å². The van der Waals surface area contributed by atoms with Gasteiger partial charge in [0, 0.05) is 6.54 Å². The van der Waals surface area contributed by atoms with Crippen molar-refractivity contribution in [3.8, 4) is 0 Å². The Morgan fingerprint density at radius 3 is 2.35 bits per heavy atom. The molecule has 0 amide bonds. The fourth-order valence-electron chi connectivity index (χ4n) is 2.35. The van der Waals surface area contributed by atoms with Crippen molar-refractivity contribution in [1.29, 1.82) is 0 Å². The van der Waals surface area contributed by atoms with E-state index in [2.05, 4.69) is 37.4 Å². The molecule has 0 radical (unpaired) electrons. The Labute approximate surface area is 121 Å². The van der Waals surface area contributed by atoms with Crippen LogP contribution in [-0.4, -0.2) is 11.7 Å². The summed E-state index contributed by atoms with van der Waals surface area (Å²) in [6.45, 7) is 7.13. The van der Waals surface area contributed by atoms with Crippen LogP contribution in [-0.2, 0) is 12.1 Å². The van der Waals surface area contributed by atoms with E-state index >= 15 is 0 Å². The first-order chi connectivity index (χ1) is 9.57. The van der Waals surface area contributed by atoms with Crippen molar-refractivity contribution in [2.24, 2.45) is 0 Å². The maximum absolute atomic E-state index is 9.78. The Bertz CT molecular complexity index is 565. The molecule has 0 saturated heterocycles. The highest BCUT2D eigenvalue weighted by atomic mass is 16.3. The first-order valence-electron chi connectivity index (χ1n) is 7.03. The fourth-order valence-corrected chi connectivity index (χ4v) is 2.35. The van der Waals surface area contributed by atoms with Gasteiger partial charge >= 0.3 is 0 Å². The average Bonchev–Trinajstić information content (AvgIpc) is 2.49. The molecule has 20 heavy (non-hydrogen) atoms. The van der Waals surface area contributed by atoms with E-state index in [0.717, 1.165) is 12.1 Å². The predicted molar refractivity (Wildman–Crippen MR) is 83.6 cm³/mol. The maximum atomic E-state index is 9.78. The van der Waals surface area contributed by atoms with Gasteiger partial charge in [-0.25, -0.2) is 0 Å². The lowest BCUT2D eigenvalue weighted by Gasteiger charge is -2.30. The smallest absolute Gasteiger partial charge is 0.0652 e. The van der Waals surface area contributed by atoms with Gasteiger partial charge < -0.3 is 10.4 Å². The SMILES string of the molecule is Cc1cccc(CNC(C)(CO)c2ccccc2)c1C. The monoisotopic (exact) mass is 269 g/mol. The molecule has 0 aliphatic heterocycles. The Morgan fingerprint density at radius 2 is 1.70 bits per heavy atom. The molecule has 2 N–H and O–H groups in total. The lowest BCUT2D eigenvalue weighted by Crippen LogP contribution is -2.42. The highest BCUT2D eigenvalue weighted by molar-refractivity contribution is 5.33. The third kappa shape index (κ3) is 3.09. The van der Waals surface area contributed by atoms with Crippen molar-refractivity contribution in [3.63, 3.8) is 0 Å². The van der Waals surface area contributed by atoms with Crippen LogP contribution in [0.25, 0.3) is 0 Å². The zero-order chi connectivity index (χ0) is 14.6. The highest BCUT2D eigenvalue weighted by Crippen LogP contribution is 2.21. The van der Waals surface area contributed by atoms with Gasteiger partial charge in [0.2, 0.25) is 0 Å². The van der Waals surface area contributed by atoms with Gasteiger partial charge in [-0.1, -0.05) is 48.5 Å². The summed E-state index contributed by atoms with van der Waals surface area (Å²) in [6, 6.07) is 16.4. The molecule has 0 bridgehead atoms. The minimum absolute atomic E-state index is 0.0713. The summed E-state index contributed by atoms with van der Waals surface area (Å²) in [5.74, 6) is 0. The fraction of sp³-hybridized carbons (Fsp3) is 0.333. The minimum atomic E-state index is -0.419. The molecule has 106 valence electrons.